The Balaban J connectivity index is 1.32. The Morgan fingerprint density at radius 3 is 2.54 bits per heavy atom. The molecule has 1 fully saturated rings. The van der Waals surface area contributed by atoms with Gasteiger partial charge in [0.25, 0.3) is 0 Å². The first-order chi connectivity index (χ1) is 19.3. The summed E-state index contributed by atoms with van der Waals surface area (Å²) in [5, 5.41) is 0.962. The number of fused-ring (bicyclic) bond motifs is 1. The lowest BCUT2D eigenvalue weighted by Crippen LogP contribution is -2.48. The number of aromatic nitrogens is 2. The molecule has 12 heteroatoms. The van der Waals surface area contributed by atoms with Crippen molar-refractivity contribution in [2.24, 2.45) is 9.78 Å². The molecule has 0 radical (unpaired) electrons. The van der Waals surface area contributed by atoms with Crippen LogP contribution in [0.25, 0.3) is 0 Å². The molecule has 1 aromatic heterocycles. The lowest BCUT2D eigenvalue weighted by Gasteiger charge is -2.44. The van der Waals surface area contributed by atoms with Gasteiger partial charge in [-0.3, -0.25) is 0 Å². The molecule has 2 heterocycles. The van der Waals surface area contributed by atoms with Crippen LogP contribution in [-0.2, 0) is 27.1 Å². The molecule has 2 atom stereocenters. The molecular weight excluding hydrogens is 596 g/mol. The number of benzene rings is 2. The summed E-state index contributed by atoms with van der Waals surface area (Å²) in [5.41, 5.74) is 9.45. The van der Waals surface area contributed by atoms with Crippen LogP contribution in [0.2, 0.25) is 5.02 Å². The molecule has 0 bridgehead atoms. The minimum Gasteiger partial charge on any atom is -0.381 e. The lowest BCUT2D eigenvalue weighted by atomic mass is 9.73. The van der Waals surface area contributed by atoms with Crippen LogP contribution >= 0.6 is 23.4 Å². The second kappa shape index (κ2) is 11.5. The number of nitrogens with zero attached hydrogens (tertiary/aromatic N) is 4. The Labute approximate surface area is 255 Å². The van der Waals surface area contributed by atoms with E-state index >= 15 is 0 Å². The van der Waals surface area contributed by atoms with Gasteiger partial charge >= 0.3 is 0 Å². The predicted molar refractivity (Wildman–Crippen MR) is 172 cm³/mol. The van der Waals surface area contributed by atoms with Crippen molar-refractivity contribution in [1.29, 1.82) is 0 Å². The summed E-state index contributed by atoms with van der Waals surface area (Å²) < 4.78 is 32.8. The molecule has 1 saturated heterocycles. The van der Waals surface area contributed by atoms with Crippen molar-refractivity contribution in [2.45, 2.75) is 60.7 Å². The van der Waals surface area contributed by atoms with Crippen molar-refractivity contribution in [2.75, 3.05) is 36.2 Å². The quantitative estimate of drug-likeness (QED) is 0.335. The van der Waals surface area contributed by atoms with E-state index in [1.807, 2.05) is 32.9 Å². The first-order valence-corrected chi connectivity index (χ1v) is 18.2. The molecule has 5 rings (SSSR count). The molecule has 41 heavy (non-hydrogen) atoms. The molecule has 1 aliphatic heterocycles. The minimum atomic E-state index is -2.35. The molecule has 2 aliphatic rings. The average Bonchev–Trinajstić information content (AvgIpc) is 3.19. The van der Waals surface area contributed by atoms with Gasteiger partial charge in [-0.15, -0.1) is 0 Å². The van der Waals surface area contributed by atoms with Gasteiger partial charge in [0, 0.05) is 40.2 Å². The number of hydrogen-bond acceptors (Lipinski definition) is 8. The molecule has 8 nitrogen and oxygen atoms in total. The highest BCUT2D eigenvalue weighted by atomic mass is 35.5. The third-order valence-electron chi connectivity index (χ3n) is 7.60. The van der Waals surface area contributed by atoms with E-state index in [4.69, 9.17) is 22.3 Å². The Kier molecular flexibility index (Phi) is 8.48. The van der Waals surface area contributed by atoms with Crippen LogP contribution in [0.15, 0.2) is 62.9 Å². The number of hydrogen-bond donors (Lipinski definition) is 2. The topological polar surface area (TPSA) is 114 Å². The fourth-order valence-corrected chi connectivity index (χ4v) is 8.22. The Morgan fingerprint density at radius 1 is 1.17 bits per heavy atom. The number of nitrogen functional groups attached to an aromatic ring is 1. The molecule has 1 aliphatic carbocycles. The van der Waals surface area contributed by atoms with Gasteiger partial charge in [0.2, 0.25) is 0 Å². The number of anilines is 2. The molecule has 220 valence electrons. The standard InChI is InChI=1S/C29H37ClN6O2S3/c1-28(2,3)40(37)34-25-20-10-7-6-9-19(20)17-29(25)13-15-36(16-14-29)23-18-32-27(26(31)33-23)39-22-12-8-11-21(24(22)30)35-41(4,5)38/h6-12,18,25,34H,13-17H2,1-5H3,(H2,31,33)/t25-,40-/m1/s1. The largest absolute Gasteiger partial charge is 0.381 e. The fraction of sp³-hybridized carbons (Fsp3) is 0.448. The highest BCUT2D eigenvalue weighted by Gasteiger charge is 2.48. The lowest BCUT2D eigenvalue weighted by molar-refractivity contribution is 0.177. The number of rotatable bonds is 6. The molecular formula is C29H37ClN6O2S3. The van der Waals surface area contributed by atoms with Gasteiger partial charge in [-0.2, -0.15) is 4.36 Å². The van der Waals surface area contributed by atoms with Gasteiger partial charge in [-0.25, -0.2) is 23.1 Å². The van der Waals surface area contributed by atoms with Crippen LogP contribution in [0.5, 0.6) is 0 Å². The van der Waals surface area contributed by atoms with Gasteiger partial charge < -0.3 is 10.6 Å². The van der Waals surface area contributed by atoms with Gasteiger partial charge in [-0.05, 0) is 68.7 Å². The molecule has 0 unspecified atom stereocenters. The second-order valence-electron chi connectivity index (χ2n) is 12.0. The van der Waals surface area contributed by atoms with Crippen LogP contribution in [0.1, 0.15) is 50.8 Å². The first-order valence-electron chi connectivity index (χ1n) is 13.5. The van der Waals surface area contributed by atoms with Crippen molar-refractivity contribution >= 4 is 61.4 Å². The Bertz CT molecular complexity index is 1600. The SMILES string of the molecule is CC(C)(C)[S@@](=O)N[C@@H]1c2ccccc2CC12CCN(c1cnc(Sc3cccc(N=S(C)(C)=O)c3Cl)c(N)n1)CC2. The Hall–Kier alpha value is -2.18. The van der Waals surface area contributed by atoms with E-state index in [0.29, 0.717) is 21.6 Å². The van der Waals surface area contributed by atoms with Crippen molar-refractivity contribution in [3.63, 3.8) is 0 Å². The summed E-state index contributed by atoms with van der Waals surface area (Å²) in [4.78, 5) is 12.3. The number of piperidine rings is 1. The number of nitrogens with one attached hydrogen (secondary N) is 1. The zero-order chi connectivity index (χ0) is 29.6. The van der Waals surface area contributed by atoms with Crippen LogP contribution < -0.4 is 15.4 Å². The summed E-state index contributed by atoms with van der Waals surface area (Å²) in [6, 6.07) is 14.0. The predicted octanol–water partition coefficient (Wildman–Crippen LogP) is 6.16. The fourth-order valence-electron chi connectivity index (χ4n) is 5.51. The van der Waals surface area contributed by atoms with Gasteiger partial charge in [0.05, 0.1) is 38.7 Å². The maximum atomic E-state index is 13.2. The van der Waals surface area contributed by atoms with E-state index in [1.54, 1.807) is 24.8 Å². The van der Waals surface area contributed by atoms with Gasteiger partial charge in [0.1, 0.15) is 10.8 Å². The summed E-state index contributed by atoms with van der Waals surface area (Å²) in [6.45, 7) is 7.62. The smallest absolute Gasteiger partial charge is 0.158 e. The van der Waals surface area contributed by atoms with E-state index in [2.05, 4.69) is 43.2 Å². The van der Waals surface area contributed by atoms with Crippen LogP contribution in [0.3, 0.4) is 0 Å². The van der Waals surface area contributed by atoms with Crippen molar-refractivity contribution in [3.05, 3.63) is 64.8 Å². The van der Waals surface area contributed by atoms with Crippen molar-refractivity contribution in [3.8, 4) is 0 Å². The maximum Gasteiger partial charge on any atom is 0.158 e. The summed E-state index contributed by atoms with van der Waals surface area (Å²) in [7, 11) is -3.52. The minimum absolute atomic E-state index is 0.0109. The third-order valence-corrected chi connectivity index (χ3v) is 11.4. The summed E-state index contributed by atoms with van der Waals surface area (Å²) in [6.07, 6.45) is 7.74. The van der Waals surface area contributed by atoms with Crippen LogP contribution in [-0.4, -0.2) is 48.7 Å². The second-order valence-corrected chi connectivity index (χ2v) is 18.0. The molecule has 0 saturated carbocycles. The molecule has 3 aromatic rings. The van der Waals surface area contributed by atoms with Crippen LogP contribution in [0.4, 0.5) is 17.3 Å². The first kappa shape index (κ1) is 30.3. The summed E-state index contributed by atoms with van der Waals surface area (Å²) in [5.74, 6) is 1.07. The third kappa shape index (κ3) is 6.59. The van der Waals surface area contributed by atoms with Crippen LogP contribution in [0, 0.1) is 5.41 Å². The average molecular weight is 633 g/mol. The maximum absolute atomic E-state index is 13.2. The highest BCUT2D eigenvalue weighted by Crippen LogP contribution is 2.52. The van der Waals surface area contributed by atoms with E-state index in [1.165, 1.54) is 22.9 Å². The number of halogens is 1. The Morgan fingerprint density at radius 2 is 1.88 bits per heavy atom. The molecule has 1 spiro atoms. The van der Waals surface area contributed by atoms with Gasteiger partial charge in [0.15, 0.2) is 5.82 Å². The van der Waals surface area contributed by atoms with Gasteiger partial charge in [-0.1, -0.05) is 53.7 Å². The van der Waals surface area contributed by atoms with Crippen molar-refractivity contribution in [1.82, 2.24) is 14.7 Å². The highest BCUT2D eigenvalue weighted by molar-refractivity contribution is 7.99. The van der Waals surface area contributed by atoms with E-state index in [9.17, 15) is 8.42 Å². The van der Waals surface area contributed by atoms with Crippen molar-refractivity contribution < 1.29 is 8.42 Å². The van der Waals surface area contributed by atoms with E-state index in [-0.39, 0.29) is 16.2 Å². The molecule has 0 amide bonds. The normalized spacial score (nSPS) is 19.3. The molecule has 3 N–H and O–H groups in total. The number of nitrogens with two attached hydrogens (primary N) is 1. The zero-order valence-electron chi connectivity index (χ0n) is 24.0. The zero-order valence-corrected chi connectivity index (χ0v) is 27.2. The summed E-state index contributed by atoms with van der Waals surface area (Å²) >= 11 is 7.88. The van der Waals surface area contributed by atoms with E-state index < -0.39 is 20.7 Å². The molecule has 2 aromatic carbocycles. The monoisotopic (exact) mass is 632 g/mol. The van der Waals surface area contributed by atoms with E-state index in [0.717, 1.165) is 43.1 Å².